The van der Waals surface area contributed by atoms with Crippen molar-refractivity contribution in [1.82, 2.24) is 0 Å². The van der Waals surface area contributed by atoms with Gasteiger partial charge in [-0.1, -0.05) is 65.7 Å². The molecule has 2 nitrogen and oxygen atoms in total. The molecule has 0 aliphatic heterocycles. The van der Waals surface area contributed by atoms with E-state index in [-0.39, 0.29) is 6.61 Å². The van der Waals surface area contributed by atoms with Crippen LogP contribution in [-0.4, -0.2) is 10.8 Å². The van der Waals surface area contributed by atoms with E-state index in [4.69, 9.17) is 27.9 Å². The lowest BCUT2D eigenvalue weighted by Gasteiger charge is -2.08. The molecule has 0 N–H and O–H groups in total. The van der Waals surface area contributed by atoms with Crippen LogP contribution in [0, 0.1) is 0 Å². The molecule has 0 bridgehead atoms. The number of benzene rings is 2. The van der Waals surface area contributed by atoms with Gasteiger partial charge in [0.25, 0.3) is 0 Å². The number of esters is 1. The second-order valence-corrected chi connectivity index (χ2v) is 4.64. The molecule has 2 aromatic carbocycles. The van der Waals surface area contributed by atoms with E-state index >= 15 is 0 Å². The van der Waals surface area contributed by atoms with Crippen molar-refractivity contribution in [2.75, 3.05) is 0 Å². The zero-order valence-electron chi connectivity index (χ0n) is 8.90. The molecule has 0 radical (unpaired) electrons. The third-order valence-electron chi connectivity index (χ3n) is 2.43. The number of alkyl halides is 2. The number of rotatable bonds is 3. The topological polar surface area (TPSA) is 26.3 Å². The molecule has 0 spiro atoms. The van der Waals surface area contributed by atoms with Crippen molar-refractivity contribution in [3.8, 4) is 0 Å². The van der Waals surface area contributed by atoms with Crippen LogP contribution in [0.3, 0.4) is 0 Å². The van der Waals surface area contributed by atoms with Gasteiger partial charge in [-0.3, -0.25) is 0 Å². The quantitative estimate of drug-likeness (QED) is 0.627. The summed E-state index contributed by atoms with van der Waals surface area (Å²) in [6.07, 6.45) is 0. The van der Waals surface area contributed by atoms with Crippen LogP contribution in [0.1, 0.15) is 5.56 Å². The minimum atomic E-state index is -1.13. The van der Waals surface area contributed by atoms with E-state index in [9.17, 15) is 4.79 Å². The van der Waals surface area contributed by atoms with Gasteiger partial charge in [0, 0.05) is 0 Å². The zero-order chi connectivity index (χ0) is 12.3. The summed E-state index contributed by atoms with van der Waals surface area (Å²) in [6.45, 7) is 0.177. The number of hydrogen-bond acceptors (Lipinski definition) is 2. The molecule has 0 amide bonds. The van der Waals surface area contributed by atoms with Crippen molar-refractivity contribution in [2.45, 2.75) is 11.4 Å². The van der Waals surface area contributed by atoms with Crippen molar-refractivity contribution in [3.05, 3.63) is 48.0 Å². The monoisotopic (exact) mass is 268 g/mol. The van der Waals surface area contributed by atoms with Crippen molar-refractivity contribution >= 4 is 39.9 Å². The maximum atomic E-state index is 11.2. The summed E-state index contributed by atoms with van der Waals surface area (Å²) in [5.74, 6) is -0.624. The molecule has 17 heavy (non-hydrogen) atoms. The number of hydrogen-bond donors (Lipinski definition) is 0. The Morgan fingerprint density at radius 1 is 1.12 bits per heavy atom. The van der Waals surface area contributed by atoms with Crippen LogP contribution in [0.5, 0.6) is 0 Å². The number of halogens is 2. The smallest absolute Gasteiger partial charge is 0.339 e. The van der Waals surface area contributed by atoms with Gasteiger partial charge in [-0.2, -0.15) is 0 Å². The normalized spacial score (nSPS) is 10.8. The van der Waals surface area contributed by atoms with Crippen LogP contribution in [0.4, 0.5) is 0 Å². The lowest BCUT2D eigenvalue weighted by molar-refractivity contribution is -0.142. The van der Waals surface area contributed by atoms with Crippen molar-refractivity contribution in [2.24, 2.45) is 0 Å². The molecule has 2 rings (SSSR count). The highest BCUT2D eigenvalue weighted by atomic mass is 35.5. The lowest BCUT2D eigenvalue weighted by Crippen LogP contribution is -2.12. The summed E-state index contributed by atoms with van der Waals surface area (Å²) in [7, 11) is 0. The van der Waals surface area contributed by atoms with E-state index in [1.54, 1.807) is 0 Å². The van der Waals surface area contributed by atoms with Gasteiger partial charge >= 0.3 is 5.97 Å². The van der Waals surface area contributed by atoms with Crippen LogP contribution in [0.2, 0.25) is 0 Å². The van der Waals surface area contributed by atoms with E-state index < -0.39 is 10.8 Å². The Kier molecular flexibility index (Phi) is 3.87. The van der Waals surface area contributed by atoms with Gasteiger partial charge in [-0.05, 0) is 16.3 Å². The highest BCUT2D eigenvalue weighted by molar-refractivity contribution is 6.52. The van der Waals surface area contributed by atoms with Gasteiger partial charge in [-0.25, -0.2) is 4.79 Å². The Morgan fingerprint density at radius 3 is 2.59 bits per heavy atom. The Labute approximate surface area is 109 Å². The van der Waals surface area contributed by atoms with Crippen molar-refractivity contribution < 1.29 is 9.53 Å². The molecule has 2 aromatic rings. The molecule has 0 unspecified atom stereocenters. The number of ether oxygens (including phenoxy) is 1. The average Bonchev–Trinajstić information content (AvgIpc) is 2.35. The maximum Gasteiger partial charge on any atom is 0.339 e. The molecule has 0 atom stereocenters. The Balaban J connectivity index is 2.21. The van der Waals surface area contributed by atoms with Gasteiger partial charge < -0.3 is 4.74 Å². The lowest BCUT2D eigenvalue weighted by atomic mass is 10.1. The predicted octanol–water partition coefficient (Wildman–Crippen LogP) is 3.69. The van der Waals surface area contributed by atoms with Gasteiger partial charge in [0.15, 0.2) is 0 Å². The fourth-order valence-corrected chi connectivity index (χ4v) is 1.76. The Hall–Kier alpha value is -1.25. The fourth-order valence-electron chi connectivity index (χ4n) is 1.63. The highest BCUT2D eigenvalue weighted by Gasteiger charge is 2.13. The summed E-state index contributed by atoms with van der Waals surface area (Å²) in [5.41, 5.74) is 0.936. The van der Waals surface area contributed by atoms with Crippen LogP contribution < -0.4 is 0 Å². The minimum absolute atomic E-state index is 0.177. The second-order valence-electron chi connectivity index (χ2n) is 3.55. The first kappa shape index (κ1) is 12.2. The van der Waals surface area contributed by atoms with Gasteiger partial charge in [-0.15, -0.1) is 0 Å². The fraction of sp³-hybridized carbons (Fsp3) is 0.154. The zero-order valence-corrected chi connectivity index (χ0v) is 10.4. The molecule has 4 heteroatoms. The number of carbonyl (C=O) groups excluding carboxylic acids is 1. The van der Waals surface area contributed by atoms with Crippen molar-refractivity contribution in [3.63, 3.8) is 0 Å². The highest BCUT2D eigenvalue weighted by Crippen LogP contribution is 2.19. The number of carbonyl (C=O) groups is 1. The van der Waals surface area contributed by atoms with Gasteiger partial charge in [0.1, 0.15) is 6.61 Å². The number of fused-ring (bicyclic) bond motifs is 1. The Bertz CT molecular complexity index is 532. The first-order chi connectivity index (χ1) is 8.18. The Morgan fingerprint density at radius 2 is 1.82 bits per heavy atom. The summed E-state index contributed by atoms with van der Waals surface area (Å²) >= 11 is 10.8. The molecule has 0 fully saturated rings. The van der Waals surface area contributed by atoms with Gasteiger partial charge in [0.05, 0.1) is 0 Å². The average molecular weight is 269 g/mol. The minimum Gasteiger partial charge on any atom is -0.459 e. The summed E-state index contributed by atoms with van der Waals surface area (Å²) in [6, 6.07) is 13.7. The first-order valence-electron chi connectivity index (χ1n) is 5.10. The van der Waals surface area contributed by atoms with E-state index in [1.165, 1.54) is 0 Å². The molecule has 0 aromatic heterocycles. The third kappa shape index (κ3) is 2.90. The SMILES string of the molecule is O=C(OCc1cccc2ccccc12)C(Cl)Cl. The molecule has 0 aliphatic carbocycles. The van der Waals surface area contributed by atoms with E-state index in [1.807, 2.05) is 42.5 Å². The molecule has 0 heterocycles. The standard InChI is InChI=1S/C13H10Cl2O2/c14-12(15)13(16)17-8-10-6-3-5-9-4-1-2-7-11(9)10/h1-7,12H,8H2. The first-order valence-corrected chi connectivity index (χ1v) is 5.97. The predicted molar refractivity (Wildman–Crippen MR) is 69.2 cm³/mol. The molecule has 0 saturated carbocycles. The van der Waals surface area contributed by atoms with E-state index in [0.29, 0.717) is 0 Å². The van der Waals surface area contributed by atoms with Crippen LogP contribution in [-0.2, 0) is 16.1 Å². The summed E-state index contributed by atoms with van der Waals surface area (Å²) in [4.78, 5) is 10.0. The van der Waals surface area contributed by atoms with Gasteiger partial charge in [0.2, 0.25) is 4.84 Å². The van der Waals surface area contributed by atoms with E-state index in [2.05, 4.69) is 0 Å². The summed E-state index contributed by atoms with van der Waals surface area (Å²) < 4.78 is 4.99. The van der Waals surface area contributed by atoms with Crippen LogP contribution in [0.15, 0.2) is 42.5 Å². The van der Waals surface area contributed by atoms with Crippen LogP contribution >= 0.6 is 23.2 Å². The molecular weight excluding hydrogens is 259 g/mol. The van der Waals surface area contributed by atoms with E-state index in [0.717, 1.165) is 16.3 Å². The molecule has 0 saturated heterocycles. The molecule has 0 aliphatic rings. The maximum absolute atomic E-state index is 11.2. The molecule has 88 valence electrons. The summed E-state index contributed by atoms with van der Waals surface area (Å²) in [5, 5.41) is 2.16. The third-order valence-corrected chi connectivity index (χ3v) is 2.78. The molecular formula is C13H10Cl2O2. The van der Waals surface area contributed by atoms with Crippen molar-refractivity contribution in [1.29, 1.82) is 0 Å². The largest absolute Gasteiger partial charge is 0.459 e. The van der Waals surface area contributed by atoms with Crippen LogP contribution in [0.25, 0.3) is 10.8 Å². The second kappa shape index (κ2) is 5.39.